The summed E-state index contributed by atoms with van der Waals surface area (Å²) in [6.45, 7) is 0. The maximum Gasteiger partial charge on any atom is 0.328 e. The zero-order valence-corrected chi connectivity index (χ0v) is 14.6. The molecule has 2 aromatic rings. The molecule has 1 heterocycles. The summed E-state index contributed by atoms with van der Waals surface area (Å²) in [5, 5.41) is 7.20. The van der Waals surface area contributed by atoms with Gasteiger partial charge in [-0.1, -0.05) is 18.2 Å². The second-order valence-electron chi connectivity index (χ2n) is 5.49. The van der Waals surface area contributed by atoms with Gasteiger partial charge in [-0.3, -0.25) is 14.4 Å². The van der Waals surface area contributed by atoms with Gasteiger partial charge in [-0.15, -0.1) is 0 Å². The van der Waals surface area contributed by atoms with Gasteiger partial charge in [0.1, 0.15) is 6.04 Å². The molecule has 9 nitrogen and oxygen atoms in total. The number of aryl methyl sites for hydroxylation is 1. The van der Waals surface area contributed by atoms with Crippen molar-refractivity contribution in [1.82, 2.24) is 15.1 Å². The van der Waals surface area contributed by atoms with Crippen LogP contribution in [0.15, 0.2) is 29.1 Å². The number of nitrogens with one attached hydrogen (secondary N) is 1. The lowest BCUT2D eigenvalue weighted by atomic mass is 10.1. The number of nitrogens with zero attached hydrogens (tertiary/aromatic N) is 2. The molecule has 0 spiro atoms. The first-order chi connectivity index (χ1) is 12.4. The summed E-state index contributed by atoms with van der Waals surface area (Å²) >= 11 is 0. The monoisotopic (exact) mass is 361 g/mol. The van der Waals surface area contributed by atoms with E-state index in [2.05, 4.69) is 19.9 Å². The molecule has 1 aromatic heterocycles. The van der Waals surface area contributed by atoms with Gasteiger partial charge in [0.25, 0.3) is 11.5 Å². The van der Waals surface area contributed by atoms with Crippen molar-refractivity contribution in [3.05, 3.63) is 40.3 Å². The average molecular weight is 361 g/mol. The van der Waals surface area contributed by atoms with Gasteiger partial charge in [0.05, 0.1) is 19.6 Å². The van der Waals surface area contributed by atoms with Crippen molar-refractivity contribution in [2.75, 3.05) is 14.2 Å². The molecule has 1 unspecified atom stereocenters. The Balaban J connectivity index is 2.33. The van der Waals surface area contributed by atoms with Crippen LogP contribution < -0.4 is 10.9 Å². The number of ether oxygens (including phenoxy) is 2. The number of aromatic nitrogens is 2. The summed E-state index contributed by atoms with van der Waals surface area (Å²) in [5.74, 6) is -1.87. The van der Waals surface area contributed by atoms with Crippen molar-refractivity contribution in [2.24, 2.45) is 7.05 Å². The number of amides is 1. The van der Waals surface area contributed by atoms with E-state index in [0.29, 0.717) is 10.8 Å². The minimum atomic E-state index is -1.05. The van der Waals surface area contributed by atoms with Crippen LogP contribution in [0.25, 0.3) is 10.8 Å². The molecule has 2 rings (SSSR count). The van der Waals surface area contributed by atoms with E-state index < -0.39 is 23.9 Å². The van der Waals surface area contributed by atoms with E-state index in [9.17, 15) is 19.2 Å². The maximum atomic E-state index is 12.7. The van der Waals surface area contributed by atoms with Crippen LogP contribution in [0.5, 0.6) is 0 Å². The Labute approximate surface area is 148 Å². The van der Waals surface area contributed by atoms with Crippen LogP contribution in [0, 0.1) is 0 Å². The number of fused-ring (bicyclic) bond motifs is 1. The highest BCUT2D eigenvalue weighted by Gasteiger charge is 2.25. The molecule has 1 aromatic carbocycles. The fourth-order valence-electron chi connectivity index (χ4n) is 2.45. The van der Waals surface area contributed by atoms with Gasteiger partial charge in [-0.25, -0.2) is 9.48 Å². The lowest BCUT2D eigenvalue weighted by Crippen LogP contribution is -2.42. The van der Waals surface area contributed by atoms with Gasteiger partial charge >= 0.3 is 11.9 Å². The largest absolute Gasteiger partial charge is 0.469 e. The summed E-state index contributed by atoms with van der Waals surface area (Å²) < 4.78 is 10.3. The molecule has 0 radical (unpaired) electrons. The van der Waals surface area contributed by atoms with Gasteiger partial charge in [-0.2, -0.15) is 5.10 Å². The van der Waals surface area contributed by atoms with Crippen LogP contribution in [0.2, 0.25) is 0 Å². The molecular formula is C17H19N3O6. The summed E-state index contributed by atoms with van der Waals surface area (Å²) in [6.07, 6.45) is -0.0627. The van der Waals surface area contributed by atoms with Crippen molar-refractivity contribution in [3.63, 3.8) is 0 Å². The first-order valence-corrected chi connectivity index (χ1v) is 7.80. The number of hydrogen-bond donors (Lipinski definition) is 1. The Morgan fingerprint density at radius 2 is 1.81 bits per heavy atom. The molecule has 9 heteroatoms. The molecule has 0 bridgehead atoms. The maximum absolute atomic E-state index is 12.7. The lowest BCUT2D eigenvalue weighted by Gasteiger charge is -2.16. The number of carbonyl (C=O) groups is 3. The summed E-state index contributed by atoms with van der Waals surface area (Å²) in [5.41, 5.74) is -0.345. The van der Waals surface area contributed by atoms with Gasteiger partial charge in [0, 0.05) is 18.9 Å². The van der Waals surface area contributed by atoms with Crippen LogP contribution in [-0.2, 0) is 26.1 Å². The standard InChI is InChI=1S/C17H19N3O6/c1-20-16(23)11-7-5-4-6-10(11)14(19-20)15(22)18-12(17(24)26-3)8-9-13(21)25-2/h4-7,12H,8-9H2,1-3H3,(H,18,22). The minimum absolute atomic E-state index is 0.00493. The molecule has 0 saturated carbocycles. The predicted octanol–water partition coefficient (Wildman–Crippen LogP) is 0.158. The first-order valence-electron chi connectivity index (χ1n) is 7.80. The average Bonchev–Trinajstić information content (AvgIpc) is 2.66. The predicted molar refractivity (Wildman–Crippen MR) is 91.5 cm³/mol. The van der Waals surface area contributed by atoms with Crippen LogP contribution in [-0.4, -0.2) is 47.9 Å². The number of methoxy groups -OCH3 is 2. The van der Waals surface area contributed by atoms with Gasteiger partial charge in [-0.05, 0) is 12.5 Å². The third-order valence-corrected chi connectivity index (χ3v) is 3.83. The molecule has 0 aliphatic carbocycles. The topological polar surface area (TPSA) is 117 Å². The molecule has 0 aliphatic rings. The Morgan fingerprint density at radius 3 is 2.42 bits per heavy atom. The number of benzene rings is 1. The summed E-state index contributed by atoms with van der Waals surface area (Å²) in [7, 11) is 3.84. The van der Waals surface area contributed by atoms with Crippen molar-refractivity contribution < 1.29 is 23.9 Å². The third kappa shape index (κ3) is 4.05. The molecule has 1 atom stereocenters. The van der Waals surface area contributed by atoms with E-state index in [1.165, 1.54) is 21.3 Å². The lowest BCUT2D eigenvalue weighted by molar-refractivity contribution is -0.144. The Hall–Kier alpha value is -3.23. The zero-order chi connectivity index (χ0) is 19.3. The summed E-state index contributed by atoms with van der Waals surface area (Å²) in [6, 6.07) is 5.49. The van der Waals surface area contributed by atoms with Crippen LogP contribution in [0.1, 0.15) is 23.3 Å². The molecule has 26 heavy (non-hydrogen) atoms. The molecule has 0 aliphatic heterocycles. The molecular weight excluding hydrogens is 342 g/mol. The van der Waals surface area contributed by atoms with Gasteiger partial charge < -0.3 is 14.8 Å². The normalized spacial score (nSPS) is 11.7. The van der Waals surface area contributed by atoms with E-state index in [0.717, 1.165) is 4.68 Å². The highest BCUT2D eigenvalue weighted by Crippen LogP contribution is 2.13. The smallest absolute Gasteiger partial charge is 0.328 e. The van der Waals surface area contributed by atoms with Crippen molar-refractivity contribution in [1.29, 1.82) is 0 Å². The zero-order valence-electron chi connectivity index (χ0n) is 14.6. The van der Waals surface area contributed by atoms with E-state index >= 15 is 0 Å². The molecule has 138 valence electrons. The minimum Gasteiger partial charge on any atom is -0.469 e. The van der Waals surface area contributed by atoms with Crippen molar-refractivity contribution >= 4 is 28.6 Å². The number of carbonyl (C=O) groups excluding carboxylic acids is 3. The molecule has 1 amide bonds. The second kappa shape index (κ2) is 8.24. The van der Waals surface area contributed by atoms with E-state index in [1.54, 1.807) is 24.3 Å². The Morgan fingerprint density at radius 1 is 1.15 bits per heavy atom. The van der Waals surface area contributed by atoms with Crippen LogP contribution >= 0.6 is 0 Å². The second-order valence-corrected chi connectivity index (χ2v) is 5.49. The SMILES string of the molecule is COC(=O)CCC(NC(=O)c1nn(C)c(=O)c2ccccc12)C(=O)OC. The molecule has 0 saturated heterocycles. The molecule has 1 N–H and O–H groups in total. The quantitative estimate of drug-likeness (QED) is 0.728. The fourth-order valence-corrected chi connectivity index (χ4v) is 2.45. The van der Waals surface area contributed by atoms with E-state index in [-0.39, 0.29) is 24.1 Å². The van der Waals surface area contributed by atoms with E-state index in [1.807, 2.05) is 0 Å². The highest BCUT2D eigenvalue weighted by molar-refractivity contribution is 6.05. The van der Waals surface area contributed by atoms with Crippen molar-refractivity contribution in [3.8, 4) is 0 Å². The Bertz CT molecular complexity index is 905. The van der Waals surface area contributed by atoms with Gasteiger partial charge in [0.2, 0.25) is 0 Å². The number of hydrogen-bond acceptors (Lipinski definition) is 7. The highest BCUT2D eigenvalue weighted by atomic mass is 16.5. The van der Waals surface area contributed by atoms with E-state index in [4.69, 9.17) is 0 Å². The molecule has 0 fully saturated rings. The van der Waals surface area contributed by atoms with Crippen molar-refractivity contribution in [2.45, 2.75) is 18.9 Å². The first kappa shape index (κ1) is 19.1. The number of esters is 2. The van der Waals surface area contributed by atoms with Crippen LogP contribution in [0.4, 0.5) is 0 Å². The third-order valence-electron chi connectivity index (χ3n) is 3.83. The summed E-state index contributed by atoms with van der Waals surface area (Å²) in [4.78, 5) is 48.0. The number of rotatable bonds is 6. The Kier molecular flexibility index (Phi) is 6.05. The fraction of sp³-hybridized carbons (Fsp3) is 0.353. The van der Waals surface area contributed by atoms with Gasteiger partial charge in [0.15, 0.2) is 5.69 Å². The van der Waals surface area contributed by atoms with Crippen LogP contribution in [0.3, 0.4) is 0 Å².